The molecule has 1 unspecified atom stereocenters. The van der Waals surface area contributed by atoms with Gasteiger partial charge in [-0.25, -0.2) is 23.0 Å². The highest BCUT2D eigenvalue weighted by atomic mass is 79.9. The van der Waals surface area contributed by atoms with Crippen LogP contribution in [0.15, 0.2) is 116 Å². The van der Waals surface area contributed by atoms with Gasteiger partial charge in [-0.05, 0) is 130 Å². The van der Waals surface area contributed by atoms with E-state index in [4.69, 9.17) is 20.5 Å². The average molecular weight is 1060 g/mol. The van der Waals surface area contributed by atoms with E-state index in [0.717, 1.165) is 32.1 Å². The van der Waals surface area contributed by atoms with Crippen molar-refractivity contribution in [2.24, 2.45) is 5.73 Å². The third kappa shape index (κ3) is 13.2. The number of fused-ring (bicyclic) bond motifs is 2. The summed E-state index contributed by atoms with van der Waals surface area (Å²) in [4.78, 5) is 48.3. The fourth-order valence-electron chi connectivity index (χ4n) is 7.68. The van der Waals surface area contributed by atoms with Crippen LogP contribution in [0.5, 0.6) is 0 Å². The molecule has 4 aromatic carbocycles. The normalized spacial score (nSPS) is 14.7. The average Bonchev–Trinajstić information content (AvgIpc) is 3.87. The summed E-state index contributed by atoms with van der Waals surface area (Å²) in [7, 11) is -1.51. The van der Waals surface area contributed by atoms with Crippen molar-refractivity contribution >= 4 is 57.5 Å². The summed E-state index contributed by atoms with van der Waals surface area (Å²) in [6.45, 7) is 15.9. The number of carbonyl (C=O) groups excluding carboxylic acids is 3. The van der Waals surface area contributed by atoms with Gasteiger partial charge in [-0.15, -0.1) is 12.6 Å². The number of benzene rings is 4. The lowest BCUT2D eigenvalue weighted by Crippen LogP contribution is -2.53. The minimum atomic E-state index is -4.64. The van der Waals surface area contributed by atoms with Crippen LogP contribution in [0, 0.1) is 25.5 Å². The topological polar surface area (TPSA) is 136 Å². The molecule has 0 saturated heterocycles. The number of hydrogen-bond donors (Lipinski definition) is 2. The van der Waals surface area contributed by atoms with Crippen LogP contribution in [0.4, 0.5) is 22.0 Å². The van der Waals surface area contributed by atoms with Gasteiger partial charge in [0.25, 0.3) is 0 Å². The SMILES string of the molecule is C.CCC(=O)N1CCn2c(nc(-c3ccc(F)cc3)c2Br)C1(C)C.Cc1ccc(S(=O)c2c(-c3ccc(F)cc3)nc3n2CCN(C(=O)CN)C3(C)C)cc1.Cc1ccc(S)cc1.O=CC(F)(F)F. The molecule has 6 aromatic rings. The molecule has 19 heteroatoms. The molecule has 2 N–H and O–H groups in total. The molecule has 8 rings (SSSR count). The summed E-state index contributed by atoms with van der Waals surface area (Å²) in [6, 6.07) is 27.9. The van der Waals surface area contributed by atoms with E-state index in [1.54, 1.807) is 29.2 Å². The first kappa shape index (κ1) is 56.1. The number of alkyl halides is 3. The molecule has 0 bridgehead atoms. The summed E-state index contributed by atoms with van der Waals surface area (Å²) in [5, 5.41) is 0.554. The predicted molar refractivity (Wildman–Crippen MR) is 265 cm³/mol. The molecule has 4 heterocycles. The molecule has 2 aliphatic rings. The van der Waals surface area contributed by atoms with Crippen LogP contribution in [0.1, 0.15) is 71.2 Å². The molecule has 1 atom stereocenters. The zero-order valence-corrected chi connectivity index (χ0v) is 41.9. The Morgan fingerprint density at radius 3 is 1.57 bits per heavy atom. The first-order valence-corrected chi connectivity index (χ1v) is 23.8. The van der Waals surface area contributed by atoms with E-state index in [9.17, 15) is 35.8 Å². The highest BCUT2D eigenvalue weighted by molar-refractivity contribution is 9.10. The van der Waals surface area contributed by atoms with Crippen LogP contribution in [0.25, 0.3) is 22.5 Å². The number of nitrogens with zero attached hydrogens (tertiary/aromatic N) is 6. The number of aromatic nitrogens is 4. The lowest BCUT2D eigenvalue weighted by atomic mass is 9.98. The molecule has 0 radical (unpaired) electrons. The van der Waals surface area contributed by atoms with Crippen LogP contribution >= 0.6 is 28.6 Å². The Bertz CT molecular complexity index is 2720. The minimum absolute atomic E-state index is 0. The summed E-state index contributed by atoms with van der Waals surface area (Å²) in [5.74, 6) is 0.822. The van der Waals surface area contributed by atoms with Crippen LogP contribution in [0.2, 0.25) is 0 Å². The van der Waals surface area contributed by atoms with Crippen molar-refractivity contribution in [3.63, 3.8) is 0 Å². The maximum atomic E-state index is 13.7. The Hall–Kier alpha value is -5.50. The Balaban J connectivity index is 0.000000237. The number of amides is 2. The third-order valence-corrected chi connectivity index (χ3v) is 13.8. The number of nitrogens with two attached hydrogens (primary N) is 1. The quantitative estimate of drug-likeness (QED) is 0.0963. The predicted octanol–water partition coefficient (Wildman–Crippen LogP) is 10.8. The van der Waals surface area contributed by atoms with Crippen LogP contribution in [-0.4, -0.2) is 77.0 Å². The molecular formula is C50H57BrF5N7O4S2. The van der Waals surface area contributed by atoms with Gasteiger partial charge in [0.15, 0.2) is 0 Å². The number of halogens is 6. The highest BCUT2D eigenvalue weighted by Crippen LogP contribution is 2.40. The van der Waals surface area contributed by atoms with Gasteiger partial charge in [0, 0.05) is 53.5 Å². The Morgan fingerprint density at radius 1 is 0.725 bits per heavy atom. The molecule has 0 spiro atoms. The van der Waals surface area contributed by atoms with Gasteiger partial charge in [0.2, 0.25) is 18.1 Å². The molecule has 2 aromatic heterocycles. The third-order valence-electron chi connectivity index (χ3n) is 11.3. The highest BCUT2D eigenvalue weighted by Gasteiger charge is 2.43. The second kappa shape index (κ2) is 23.4. The fraction of sp³-hybridized carbons (Fsp3) is 0.340. The van der Waals surface area contributed by atoms with Crippen LogP contribution in [-0.2, 0) is 49.4 Å². The van der Waals surface area contributed by atoms with E-state index >= 15 is 0 Å². The van der Waals surface area contributed by atoms with Gasteiger partial charge in [-0.2, -0.15) is 13.2 Å². The van der Waals surface area contributed by atoms with Gasteiger partial charge in [-0.1, -0.05) is 49.7 Å². The van der Waals surface area contributed by atoms with Crippen molar-refractivity contribution < 1.29 is 40.5 Å². The lowest BCUT2D eigenvalue weighted by Gasteiger charge is -2.42. The largest absolute Gasteiger partial charge is 0.446 e. The summed E-state index contributed by atoms with van der Waals surface area (Å²) in [6.07, 6.45) is -5.22. The van der Waals surface area contributed by atoms with Gasteiger partial charge in [-0.3, -0.25) is 14.4 Å². The number of thiol groups is 1. The van der Waals surface area contributed by atoms with Gasteiger partial charge in [0.1, 0.15) is 55.1 Å². The Kier molecular flexibility index (Phi) is 19.0. The number of carbonyl (C=O) groups is 3. The van der Waals surface area contributed by atoms with Crippen molar-refractivity contribution in [3.8, 4) is 22.5 Å². The van der Waals surface area contributed by atoms with Crippen molar-refractivity contribution in [2.45, 2.75) is 107 Å². The Labute approximate surface area is 416 Å². The zero-order valence-electron chi connectivity index (χ0n) is 38.6. The monoisotopic (exact) mass is 1060 g/mol. The number of imidazole rings is 2. The molecule has 0 aliphatic carbocycles. The van der Waals surface area contributed by atoms with Gasteiger partial charge in [0.05, 0.1) is 17.6 Å². The van der Waals surface area contributed by atoms with E-state index in [2.05, 4.69) is 40.0 Å². The second-order valence-corrected chi connectivity index (χ2v) is 19.5. The smallest absolute Gasteiger partial charge is 0.329 e. The maximum absolute atomic E-state index is 13.7. The summed E-state index contributed by atoms with van der Waals surface area (Å²) in [5.41, 5.74) is 9.59. The van der Waals surface area contributed by atoms with Crippen molar-refractivity contribution in [2.75, 3.05) is 19.6 Å². The first-order valence-electron chi connectivity index (χ1n) is 21.4. The molecule has 370 valence electrons. The minimum Gasteiger partial charge on any atom is -0.329 e. The van der Waals surface area contributed by atoms with E-state index < -0.39 is 34.3 Å². The van der Waals surface area contributed by atoms with Crippen LogP contribution in [0.3, 0.4) is 0 Å². The zero-order chi connectivity index (χ0) is 50.3. The summed E-state index contributed by atoms with van der Waals surface area (Å²) >= 11 is 7.75. The van der Waals surface area contributed by atoms with Gasteiger partial charge >= 0.3 is 6.18 Å². The van der Waals surface area contributed by atoms with E-state index in [-0.39, 0.29) is 37.4 Å². The molecule has 11 nitrogen and oxygen atoms in total. The van der Waals surface area contributed by atoms with E-state index in [1.165, 1.54) is 29.8 Å². The summed E-state index contributed by atoms with van der Waals surface area (Å²) < 4.78 is 76.6. The van der Waals surface area contributed by atoms with E-state index in [0.29, 0.717) is 59.6 Å². The standard InChI is InChI=1S/C23H25FN4O2S.C17H19BrFN3O.C7H8S.C2HF3O.CH4/c1-15-4-10-18(11-5-15)31(30)21-20(16-6-8-17(24)9-7-16)26-22-23(2,3)28(19(29)14-25)13-12-27(21)22;1-4-13(23)22-10-9-21-15(18)14(20-16(21)17(22,2)3)11-5-7-12(19)8-6-11;1-6-2-4-7(8)5-3-6;3-2(4,5)1-6;/h4-11H,12-14,25H2,1-3H3;5-8H,4,9-10H2,1-3H3;2-5,8H,1H3;1H;1H4. The van der Waals surface area contributed by atoms with Gasteiger partial charge < -0.3 is 24.7 Å². The van der Waals surface area contributed by atoms with Crippen molar-refractivity contribution in [1.82, 2.24) is 28.9 Å². The second-order valence-electron chi connectivity index (χ2n) is 16.8. The lowest BCUT2D eigenvalue weighted by molar-refractivity contribution is -0.156. The number of hydrogen-bond acceptors (Lipinski definition) is 8. The van der Waals surface area contributed by atoms with Crippen LogP contribution < -0.4 is 5.73 Å². The maximum Gasteiger partial charge on any atom is 0.446 e. The molecule has 0 saturated carbocycles. The first-order chi connectivity index (χ1) is 31.9. The number of rotatable bonds is 6. The fourth-order valence-corrected chi connectivity index (χ4v) is 9.82. The molecule has 0 fully saturated rings. The van der Waals surface area contributed by atoms with Crippen molar-refractivity contribution in [1.29, 1.82) is 0 Å². The van der Waals surface area contributed by atoms with E-state index in [1.807, 2.05) is 99.5 Å². The van der Waals surface area contributed by atoms with Crippen molar-refractivity contribution in [3.05, 3.63) is 136 Å². The molecular weight excluding hydrogens is 1000 g/mol. The Morgan fingerprint density at radius 2 is 1.13 bits per heavy atom. The molecule has 2 aliphatic heterocycles. The molecule has 2 amide bonds. The molecule has 69 heavy (non-hydrogen) atoms. The number of aryl methyl sites for hydroxylation is 2. The number of aldehydes is 1.